The molecule has 0 aliphatic rings. The van der Waals surface area contributed by atoms with Gasteiger partial charge < -0.3 is 10.2 Å². The number of hydrogen-bond acceptors (Lipinski definition) is 3. The minimum atomic E-state index is -0.153. The van der Waals surface area contributed by atoms with E-state index in [-0.39, 0.29) is 17.7 Å². The Morgan fingerprint density at radius 3 is 2.45 bits per heavy atom. The molecule has 0 saturated carbocycles. The molecule has 22 heavy (non-hydrogen) atoms. The highest BCUT2D eigenvalue weighted by Gasteiger charge is 2.17. The Hall–Kier alpha value is -2.35. The third-order valence-electron chi connectivity index (χ3n) is 3.69. The second kappa shape index (κ2) is 8.83. The van der Waals surface area contributed by atoms with E-state index in [0.717, 1.165) is 12.8 Å². The van der Waals surface area contributed by atoms with Crippen LogP contribution in [0.25, 0.3) is 0 Å². The first kappa shape index (κ1) is 17.7. The summed E-state index contributed by atoms with van der Waals surface area (Å²) in [5.74, 6) is -0.126. The van der Waals surface area contributed by atoms with Gasteiger partial charge in [-0.2, -0.15) is 5.26 Å². The van der Waals surface area contributed by atoms with Gasteiger partial charge in [-0.15, -0.1) is 0 Å². The molecule has 0 fully saturated rings. The number of nitrogens with zero attached hydrogens (tertiary/aromatic N) is 2. The lowest BCUT2D eigenvalue weighted by atomic mass is 10.0. The maximum absolute atomic E-state index is 11.9. The maximum Gasteiger partial charge on any atom is 0.223 e. The van der Waals surface area contributed by atoms with Crippen molar-refractivity contribution >= 4 is 17.5 Å². The largest absolute Gasteiger partial charge is 0.354 e. The number of benzene rings is 1. The zero-order valence-electron chi connectivity index (χ0n) is 13.4. The SMILES string of the molecule is CCC(CC)C(=O)NCCN(C(C)=O)c1ccccc1C#N. The van der Waals surface area contributed by atoms with Gasteiger partial charge in [0.2, 0.25) is 11.8 Å². The number of carbonyl (C=O) groups excluding carboxylic acids is 2. The summed E-state index contributed by atoms with van der Waals surface area (Å²) in [6.45, 7) is 6.14. The molecule has 0 radical (unpaired) electrons. The van der Waals surface area contributed by atoms with Crippen molar-refractivity contribution in [2.24, 2.45) is 5.92 Å². The molecule has 1 rings (SSSR count). The van der Waals surface area contributed by atoms with E-state index >= 15 is 0 Å². The predicted molar refractivity (Wildman–Crippen MR) is 86.3 cm³/mol. The zero-order chi connectivity index (χ0) is 16.5. The van der Waals surface area contributed by atoms with Crippen molar-refractivity contribution in [3.05, 3.63) is 29.8 Å². The van der Waals surface area contributed by atoms with Gasteiger partial charge in [0.05, 0.1) is 11.3 Å². The van der Waals surface area contributed by atoms with Gasteiger partial charge in [-0.3, -0.25) is 9.59 Å². The van der Waals surface area contributed by atoms with E-state index in [4.69, 9.17) is 5.26 Å². The fourth-order valence-electron chi connectivity index (χ4n) is 2.35. The lowest BCUT2D eigenvalue weighted by Gasteiger charge is -2.23. The lowest BCUT2D eigenvalue weighted by Crippen LogP contribution is -2.39. The molecule has 0 bridgehead atoms. The molecule has 1 N–H and O–H groups in total. The molecular weight excluding hydrogens is 278 g/mol. The minimum absolute atomic E-state index is 0.0113. The molecule has 5 heteroatoms. The summed E-state index contributed by atoms with van der Waals surface area (Å²) in [5, 5.41) is 12.0. The quantitative estimate of drug-likeness (QED) is 0.840. The molecule has 0 atom stereocenters. The second-order valence-corrected chi connectivity index (χ2v) is 5.10. The third-order valence-corrected chi connectivity index (χ3v) is 3.69. The van der Waals surface area contributed by atoms with Gasteiger partial charge in [0.1, 0.15) is 6.07 Å². The highest BCUT2D eigenvalue weighted by molar-refractivity contribution is 5.93. The molecule has 5 nitrogen and oxygen atoms in total. The smallest absolute Gasteiger partial charge is 0.223 e. The molecule has 0 aliphatic heterocycles. The van der Waals surface area contributed by atoms with Crippen LogP contribution in [0.4, 0.5) is 5.69 Å². The normalized spacial score (nSPS) is 10.1. The molecule has 1 aromatic carbocycles. The topological polar surface area (TPSA) is 73.2 Å². The van der Waals surface area contributed by atoms with E-state index in [0.29, 0.717) is 24.3 Å². The molecule has 0 aliphatic carbocycles. The Bertz CT molecular complexity index is 559. The Kier molecular flexibility index (Phi) is 7.11. The first-order chi connectivity index (χ1) is 10.5. The summed E-state index contributed by atoms with van der Waals surface area (Å²) >= 11 is 0. The summed E-state index contributed by atoms with van der Waals surface area (Å²) in [7, 11) is 0. The molecule has 0 aromatic heterocycles. The standard InChI is InChI=1S/C17H23N3O2/c1-4-14(5-2)17(22)19-10-11-20(13(3)21)16-9-7-6-8-15(16)12-18/h6-9,14H,4-5,10-11H2,1-3H3,(H,19,22). The van der Waals surface area contributed by atoms with Crippen LogP contribution in [0.2, 0.25) is 0 Å². The molecule has 0 unspecified atom stereocenters. The number of nitriles is 1. The third kappa shape index (κ3) is 4.59. The van der Waals surface area contributed by atoms with E-state index < -0.39 is 0 Å². The first-order valence-corrected chi connectivity index (χ1v) is 7.60. The van der Waals surface area contributed by atoms with Crippen molar-refractivity contribution in [2.75, 3.05) is 18.0 Å². The van der Waals surface area contributed by atoms with Crippen molar-refractivity contribution in [1.82, 2.24) is 5.32 Å². The van der Waals surface area contributed by atoms with Gasteiger partial charge in [-0.05, 0) is 25.0 Å². The Morgan fingerprint density at radius 1 is 1.27 bits per heavy atom. The van der Waals surface area contributed by atoms with Crippen LogP contribution in [0.1, 0.15) is 39.2 Å². The van der Waals surface area contributed by atoms with Crippen LogP contribution in [-0.2, 0) is 9.59 Å². The van der Waals surface area contributed by atoms with Gasteiger partial charge in [-0.1, -0.05) is 26.0 Å². The monoisotopic (exact) mass is 301 g/mol. The van der Waals surface area contributed by atoms with Gasteiger partial charge in [-0.25, -0.2) is 0 Å². The average molecular weight is 301 g/mol. The molecule has 118 valence electrons. The first-order valence-electron chi connectivity index (χ1n) is 7.60. The number of amides is 2. The average Bonchev–Trinajstić information content (AvgIpc) is 2.52. The molecule has 0 heterocycles. The van der Waals surface area contributed by atoms with Crippen LogP contribution in [0.15, 0.2) is 24.3 Å². The fourth-order valence-corrected chi connectivity index (χ4v) is 2.35. The summed E-state index contributed by atoms with van der Waals surface area (Å²) < 4.78 is 0. The molecule has 0 saturated heterocycles. The highest BCUT2D eigenvalue weighted by atomic mass is 16.2. The summed E-state index contributed by atoms with van der Waals surface area (Å²) in [4.78, 5) is 25.3. The molecule has 0 spiro atoms. The number of rotatable bonds is 7. The van der Waals surface area contributed by atoms with Crippen molar-refractivity contribution < 1.29 is 9.59 Å². The van der Waals surface area contributed by atoms with Crippen molar-refractivity contribution in [1.29, 1.82) is 5.26 Å². The van der Waals surface area contributed by atoms with Crippen molar-refractivity contribution in [2.45, 2.75) is 33.6 Å². The minimum Gasteiger partial charge on any atom is -0.354 e. The van der Waals surface area contributed by atoms with Crippen LogP contribution in [0, 0.1) is 17.2 Å². The highest BCUT2D eigenvalue weighted by Crippen LogP contribution is 2.19. The number of hydrogen-bond donors (Lipinski definition) is 1. The van der Waals surface area contributed by atoms with Crippen LogP contribution in [0.5, 0.6) is 0 Å². The Morgan fingerprint density at radius 2 is 1.91 bits per heavy atom. The number of nitrogens with one attached hydrogen (secondary N) is 1. The Labute approximate surface area is 131 Å². The van der Waals surface area contributed by atoms with Crippen molar-refractivity contribution in [3.63, 3.8) is 0 Å². The van der Waals surface area contributed by atoms with E-state index in [1.165, 1.54) is 11.8 Å². The van der Waals surface area contributed by atoms with E-state index in [1.807, 2.05) is 13.8 Å². The number of carbonyl (C=O) groups is 2. The van der Waals surface area contributed by atoms with Gasteiger partial charge in [0.15, 0.2) is 0 Å². The summed E-state index contributed by atoms with van der Waals surface area (Å²) in [6.07, 6.45) is 1.60. The molecular formula is C17H23N3O2. The van der Waals surface area contributed by atoms with Gasteiger partial charge in [0.25, 0.3) is 0 Å². The summed E-state index contributed by atoms with van der Waals surface area (Å²) in [6, 6.07) is 9.04. The maximum atomic E-state index is 11.9. The fraction of sp³-hybridized carbons (Fsp3) is 0.471. The number of para-hydroxylation sites is 1. The second-order valence-electron chi connectivity index (χ2n) is 5.10. The van der Waals surface area contributed by atoms with Crippen LogP contribution in [-0.4, -0.2) is 24.9 Å². The summed E-state index contributed by atoms with van der Waals surface area (Å²) in [5.41, 5.74) is 1.03. The number of anilines is 1. The van der Waals surface area contributed by atoms with E-state index in [2.05, 4.69) is 11.4 Å². The zero-order valence-corrected chi connectivity index (χ0v) is 13.4. The van der Waals surface area contributed by atoms with E-state index in [1.54, 1.807) is 24.3 Å². The van der Waals surface area contributed by atoms with Crippen LogP contribution >= 0.6 is 0 Å². The van der Waals surface area contributed by atoms with Crippen LogP contribution < -0.4 is 10.2 Å². The molecule has 2 amide bonds. The Balaban J connectivity index is 2.73. The van der Waals surface area contributed by atoms with Crippen LogP contribution in [0.3, 0.4) is 0 Å². The molecule has 1 aromatic rings. The van der Waals surface area contributed by atoms with Gasteiger partial charge >= 0.3 is 0 Å². The van der Waals surface area contributed by atoms with Gasteiger partial charge in [0, 0.05) is 25.9 Å². The predicted octanol–water partition coefficient (Wildman–Crippen LogP) is 2.46. The lowest BCUT2D eigenvalue weighted by molar-refractivity contribution is -0.125. The van der Waals surface area contributed by atoms with E-state index in [9.17, 15) is 9.59 Å². The van der Waals surface area contributed by atoms with Crippen molar-refractivity contribution in [3.8, 4) is 6.07 Å².